The molecule has 0 heterocycles. The molecule has 0 radical (unpaired) electrons. The summed E-state index contributed by atoms with van der Waals surface area (Å²) in [6.07, 6.45) is 27.1. The van der Waals surface area contributed by atoms with Crippen molar-refractivity contribution in [2.75, 3.05) is 13.2 Å². The van der Waals surface area contributed by atoms with Gasteiger partial charge in [0.2, 0.25) is 0 Å². The number of esters is 2. The van der Waals surface area contributed by atoms with Crippen molar-refractivity contribution in [3.8, 4) is 0 Å². The first-order valence-electron chi connectivity index (χ1n) is 20.7. The lowest BCUT2D eigenvalue weighted by Gasteiger charge is -2.41. The molecule has 13 nitrogen and oxygen atoms in total. The highest BCUT2D eigenvalue weighted by Gasteiger charge is 2.51. The van der Waals surface area contributed by atoms with Crippen LogP contribution in [0.25, 0.3) is 0 Å². The second kappa shape index (κ2) is 33.2. The Morgan fingerprint density at radius 2 is 1.00 bits per heavy atom. The highest BCUT2D eigenvalue weighted by Crippen LogP contribution is 2.47. The van der Waals surface area contributed by atoms with Crippen LogP contribution in [-0.4, -0.2) is 98.3 Å². The van der Waals surface area contributed by atoms with E-state index in [9.17, 15) is 44.6 Å². The molecule has 14 heteroatoms. The van der Waals surface area contributed by atoms with Crippen LogP contribution in [0.5, 0.6) is 0 Å². The molecule has 0 aliphatic heterocycles. The van der Waals surface area contributed by atoms with E-state index in [1.165, 1.54) is 25.7 Å². The van der Waals surface area contributed by atoms with E-state index in [4.69, 9.17) is 18.5 Å². The SMILES string of the molecule is CC/C=C/C/C=C/C/C=C/C/C=C/C/C=C/C/C=C/CCC(=O)O[C@H](COC(=O)CCCCCCCCCCC)COP(=O)(O)OC1C(O)C(O)C(O)[C@@H](O)C1O. The second-order valence-corrected chi connectivity index (χ2v) is 15.5. The lowest BCUT2D eigenvalue weighted by molar-refractivity contribution is -0.220. The molecule has 0 spiro atoms. The van der Waals surface area contributed by atoms with Crippen LogP contribution in [0.3, 0.4) is 0 Å². The summed E-state index contributed by atoms with van der Waals surface area (Å²) in [5.41, 5.74) is 0. The van der Waals surface area contributed by atoms with Crippen molar-refractivity contribution in [3.63, 3.8) is 0 Å². The molecule has 0 saturated heterocycles. The molecule has 0 bridgehead atoms. The highest BCUT2D eigenvalue weighted by molar-refractivity contribution is 7.47. The van der Waals surface area contributed by atoms with Gasteiger partial charge >= 0.3 is 19.8 Å². The number of hydrogen-bond donors (Lipinski definition) is 6. The van der Waals surface area contributed by atoms with Gasteiger partial charge in [-0.15, -0.1) is 0 Å². The topological polar surface area (TPSA) is 210 Å². The van der Waals surface area contributed by atoms with Crippen molar-refractivity contribution in [2.24, 2.45) is 0 Å². The van der Waals surface area contributed by atoms with Gasteiger partial charge in [-0.1, -0.05) is 138 Å². The summed E-state index contributed by atoms with van der Waals surface area (Å²) in [6.45, 7) is 3.06. The number of phosphoric ester groups is 1. The molecule has 326 valence electrons. The van der Waals surface area contributed by atoms with Crippen LogP contribution in [-0.2, 0) is 32.7 Å². The smallest absolute Gasteiger partial charge is 0.462 e. The number of hydrogen-bond acceptors (Lipinski definition) is 12. The summed E-state index contributed by atoms with van der Waals surface area (Å²) >= 11 is 0. The number of carbonyl (C=O) groups excluding carboxylic acids is 2. The molecule has 6 unspecified atom stereocenters. The maximum absolute atomic E-state index is 12.7. The first-order valence-corrected chi connectivity index (χ1v) is 22.2. The highest BCUT2D eigenvalue weighted by atomic mass is 31.2. The molecule has 8 atom stereocenters. The van der Waals surface area contributed by atoms with Gasteiger partial charge in [-0.25, -0.2) is 4.57 Å². The Balaban J connectivity index is 2.56. The maximum atomic E-state index is 12.7. The second-order valence-electron chi connectivity index (χ2n) is 14.1. The fourth-order valence-corrected chi connectivity index (χ4v) is 6.70. The van der Waals surface area contributed by atoms with Gasteiger partial charge in [0.05, 0.1) is 6.61 Å². The molecule has 1 fully saturated rings. The Kier molecular flexibility index (Phi) is 30.4. The fraction of sp³-hybridized carbons (Fsp3) is 0.674. The van der Waals surface area contributed by atoms with Gasteiger partial charge in [0, 0.05) is 12.8 Å². The van der Waals surface area contributed by atoms with Crippen LogP contribution >= 0.6 is 7.82 Å². The quantitative estimate of drug-likeness (QED) is 0.0172. The maximum Gasteiger partial charge on any atom is 0.472 e. The van der Waals surface area contributed by atoms with Crippen molar-refractivity contribution >= 4 is 19.8 Å². The molecule has 57 heavy (non-hydrogen) atoms. The monoisotopic (exact) mass is 826 g/mol. The summed E-state index contributed by atoms with van der Waals surface area (Å²) < 4.78 is 33.3. The van der Waals surface area contributed by atoms with E-state index in [-0.39, 0.29) is 12.8 Å². The van der Waals surface area contributed by atoms with E-state index in [1.54, 1.807) is 0 Å². The minimum absolute atomic E-state index is 0.0308. The van der Waals surface area contributed by atoms with Gasteiger partial charge in [0.25, 0.3) is 0 Å². The van der Waals surface area contributed by atoms with E-state index in [0.29, 0.717) is 19.3 Å². The van der Waals surface area contributed by atoms with Crippen LogP contribution in [0.1, 0.15) is 129 Å². The number of aliphatic hydroxyl groups is 5. The Morgan fingerprint density at radius 3 is 1.49 bits per heavy atom. The van der Waals surface area contributed by atoms with Crippen LogP contribution in [0, 0.1) is 0 Å². The molecule has 0 aromatic carbocycles. The minimum Gasteiger partial charge on any atom is -0.462 e. The van der Waals surface area contributed by atoms with Gasteiger partial charge in [0.1, 0.15) is 43.2 Å². The van der Waals surface area contributed by atoms with E-state index < -0.39 is 75.7 Å². The summed E-state index contributed by atoms with van der Waals surface area (Å²) in [6, 6.07) is 0. The van der Waals surface area contributed by atoms with Gasteiger partial charge in [-0.05, 0) is 51.4 Å². The Morgan fingerprint density at radius 1 is 0.561 bits per heavy atom. The molecule has 0 aromatic rings. The van der Waals surface area contributed by atoms with Crippen LogP contribution in [0.15, 0.2) is 72.9 Å². The van der Waals surface area contributed by atoms with Crippen LogP contribution in [0.4, 0.5) is 0 Å². The zero-order valence-electron chi connectivity index (χ0n) is 34.1. The third-order valence-corrected chi connectivity index (χ3v) is 10.1. The zero-order valence-corrected chi connectivity index (χ0v) is 35.0. The molecular formula is C43H71O13P. The molecule has 0 amide bonds. The summed E-state index contributed by atoms with van der Waals surface area (Å²) in [5.74, 6) is -1.21. The normalized spacial score (nSPS) is 23.4. The average molecular weight is 827 g/mol. The number of rotatable bonds is 32. The Bertz CT molecular complexity index is 1280. The van der Waals surface area contributed by atoms with E-state index in [1.807, 2.05) is 18.2 Å². The summed E-state index contributed by atoms with van der Waals surface area (Å²) in [4.78, 5) is 35.4. The summed E-state index contributed by atoms with van der Waals surface area (Å²) in [7, 11) is -5.13. The Labute approximate surface area is 340 Å². The lowest BCUT2D eigenvalue weighted by Crippen LogP contribution is -2.64. The lowest BCUT2D eigenvalue weighted by atomic mass is 9.85. The van der Waals surface area contributed by atoms with E-state index in [2.05, 4.69) is 68.5 Å². The van der Waals surface area contributed by atoms with Crippen molar-refractivity contribution in [1.82, 2.24) is 0 Å². The first-order chi connectivity index (χ1) is 27.4. The van der Waals surface area contributed by atoms with Gasteiger partial charge in [-0.3, -0.25) is 18.6 Å². The number of phosphoric acid groups is 1. The number of unbranched alkanes of at least 4 members (excludes halogenated alkanes) is 8. The fourth-order valence-electron chi connectivity index (χ4n) is 5.72. The van der Waals surface area contributed by atoms with Gasteiger partial charge in [0.15, 0.2) is 6.10 Å². The molecule has 1 aliphatic carbocycles. The van der Waals surface area contributed by atoms with Crippen molar-refractivity contribution < 1.29 is 63.1 Å². The third kappa shape index (κ3) is 26.1. The van der Waals surface area contributed by atoms with Crippen molar-refractivity contribution in [2.45, 2.75) is 172 Å². The number of allylic oxidation sites excluding steroid dienone is 12. The number of aliphatic hydroxyl groups excluding tert-OH is 5. The predicted octanol–water partition coefficient (Wildman–Crippen LogP) is 7.16. The average Bonchev–Trinajstić information content (AvgIpc) is 3.19. The molecule has 1 rings (SSSR count). The van der Waals surface area contributed by atoms with E-state index in [0.717, 1.165) is 57.8 Å². The molecule has 0 aromatic heterocycles. The number of ether oxygens (including phenoxy) is 2. The minimum atomic E-state index is -5.13. The third-order valence-electron chi connectivity index (χ3n) is 9.08. The van der Waals surface area contributed by atoms with Crippen LogP contribution < -0.4 is 0 Å². The molecule has 1 aliphatic rings. The molecule has 6 N–H and O–H groups in total. The van der Waals surface area contributed by atoms with Gasteiger partial charge < -0.3 is 39.9 Å². The zero-order chi connectivity index (χ0) is 42.2. The first kappa shape index (κ1) is 52.3. The van der Waals surface area contributed by atoms with Crippen molar-refractivity contribution in [3.05, 3.63) is 72.9 Å². The van der Waals surface area contributed by atoms with Gasteiger partial charge in [-0.2, -0.15) is 0 Å². The molecular weight excluding hydrogens is 755 g/mol. The largest absolute Gasteiger partial charge is 0.472 e. The summed E-state index contributed by atoms with van der Waals surface area (Å²) in [5, 5.41) is 50.0. The predicted molar refractivity (Wildman–Crippen MR) is 221 cm³/mol. The van der Waals surface area contributed by atoms with Crippen molar-refractivity contribution in [1.29, 1.82) is 0 Å². The Hall–Kier alpha value is -2.71. The standard InChI is InChI=1S/C43H71O13P/c1-3-5-7-9-11-13-14-15-16-17-18-19-20-21-22-24-26-28-30-32-37(45)55-35(33-53-36(44)31-29-27-25-23-12-10-8-6-4-2)34-54-57(51,52)56-43-41(49)39(47)38(46)40(48)42(43)50/h5,7,11,13,15-16,18-19,21-22,26,28,35,38-43,46-50H,3-4,6,8-10,12,14,17,20,23-25,27,29-34H2,1-2H3,(H,51,52)/b7-5+,13-11+,16-15+,19-18+,22-21+,28-26+/t35-,38?,39-,40?,41?,42?,43?/m1/s1. The number of carbonyl (C=O) groups is 2. The molecule has 1 saturated carbocycles. The van der Waals surface area contributed by atoms with E-state index >= 15 is 0 Å². The van der Waals surface area contributed by atoms with Crippen LogP contribution in [0.2, 0.25) is 0 Å².